The molecule has 1 aromatic carbocycles. The molecular formula is C26H27NO6. The number of carbonyl (C=O) groups excluding carboxylic acids is 3. The number of carbonyl (C=O) groups is 3. The molecule has 2 heterocycles. The number of Topliss-reactive ketones (excluding diaryl/α,β-unsaturated/α-hetero) is 1. The van der Waals surface area contributed by atoms with E-state index in [1.807, 2.05) is 37.3 Å². The summed E-state index contributed by atoms with van der Waals surface area (Å²) in [5.41, 5.74) is 2.80. The molecule has 2 aliphatic rings. The van der Waals surface area contributed by atoms with E-state index in [0.717, 1.165) is 5.56 Å². The summed E-state index contributed by atoms with van der Waals surface area (Å²) in [7, 11) is 1.27. The lowest BCUT2D eigenvalue weighted by atomic mass is 9.70. The number of ketones is 1. The van der Waals surface area contributed by atoms with E-state index in [0.29, 0.717) is 40.5 Å². The number of dihydropyridines is 1. The summed E-state index contributed by atoms with van der Waals surface area (Å²) in [6.07, 6.45) is 0.473. The van der Waals surface area contributed by atoms with Gasteiger partial charge in [-0.25, -0.2) is 4.79 Å². The third kappa shape index (κ3) is 4.23. The Labute approximate surface area is 192 Å². The van der Waals surface area contributed by atoms with Crippen molar-refractivity contribution in [2.75, 3.05) is 7.11 Å². The number of nitrogens with one attached hydrogen (secondary N) is 1. The summed E-state index contributed by atoms with van der Waals surface area (Å²) in [6.45, 7) is 5.53. The molecule has 0 amide bonds. The molecule has 33 heavy (non-hydrogen) atoms. The van der Waals surface area contributed by atoms with Crippen molar-refractivity contribution in [2.24, 2.45) is 11.8 Å². The quantitative estimate of drug-likeness (QED) is 0.546. The van der Waals surface area contributed by atoms with Crippen molar-refractivity contribution in [3.63, 3.8) is 0 Å². The van der Waals surface area contributed by atoms with Crippen LogP contribution in [0, 0.1) is 18.8 Å². The van der Waals surface area contributed by atoms with Crippen LogP contribution in [0.1, 0.15) is 43.3 Å². The maximum atomic E-state index is 13.6. The topological polar surface area (TPSA) is 94.8 Å². The molecule has 1 N–H and O–H groups in total. The standard InChI is InChI=1S/C26H27NO6/c1-14-12-18-22(24(28)20(14)25(29)31-4)23(19-11-10-15(2)33-19)21(16(3)27-18)26(30)32-13-17-8-6-5-7-9-17/h5-11,14,20,23,27H,12-13H2,1-4H3/t14-,20+,23-/m0/s1. The largest absolute Gasteiger partial charge is 0.468 e. The lowest BCUT2D eigenvalue weighted by Crippen LogP contribution is -2.43. The minimum absolute atomic E-state index is 0.0992. The van der Waals surface area contributed by atoms with E-state index >= 15 is 0 Å². The summed E-state index contributed by atoms with van der Waals surface area (Å²) in [5, 5.41) is 3.24. The molecule has 0 spiro atoms. The van der Waals surface area contributed by atoms with Gasteiger partial charge in [0.25, 0.3) is 0 Å². The molecule has 1 aromatic heterocycles. The van der Waals surface area contributed by atoms with Crippen LogP contribution in [0.5, 0.6) is 0 Å². The predicted molar refractivity (Wildman–Crippen MR) is 120 cm³/mol. The van der Waals surface area contributed by atoms with Crippen molar-refractivity contribution < 1.29 is 28.3 Å². The second kappa shape index (κ2) is 9.10. The number of rotatable bonds is 5. The molecule has 7 heteroatoms. The van der Waals surface area contributed by atoms with E-state index in [9.17, 15) is 14.4 Å². The number of hydrogen-bond acceptors (Lipinski definition) is 7. The number of ether oxygens (including phenoxy) is 2. The Morgan fingerprint density at radius 1 is 1.12 bits per heavy atom. The summed E-state index contributed by atoms with van der Waals surface area (Å²) in [6, 6.07) is 12.9. The van der Waals surface area contributed by atoms with Crippen LogP contribution < -0.4 is 5.32 Å². The molecule has 0 saturated carbocycles. The smallest absolute Gasteiger partial charge is 0.337 e. The minimum atomic E-state index is -0.936. The molecule has 0 saturated heterocycles. The molecule has 2 aromatic rings. The van der Waals surface area contributed by atoms with E-state index in [2.05, 4.69) is 5.32 Å². The van der Waals surface area contributed by atoms with Crippen LogP contribution >= 0.6 is 0 Å². The SMILES string of the molecule is COC(=O)[C@H]1C(=O)C2=C(C[C@@H]1C)NC(C)=C(C(=O)OCc1ccccc1)[C@@H]2c1ccc(C)o1. The van der Waals surface area contributed by atoms with Gasteiger partial charge in [0.15, 0.2) is 5.78 Å². The van der Waals surface area contributed by atoms with Gasteiger partial charge in [-0.15, -0.1) is 0 Å². The Morgan fingerprint density at radius 2 is 1.85 bits per heavy atom. The van der Waals surface area contributed by atoms with Crippen LogP contribution in [0.15, 0.2) is 69.4 Å². The fourth-order valence-corrected chi connectivity index (χ4v) is 4.65. The number of aryl methyl sites for hydroxylation is 1. The molecule has 1 aliphatic carbocycles. The Kier molecular flexibility index (Phi) is 6.22. The first-order valence-corrected chi connectivity index (χ1v) is 10.9. The van der Waals surface area contributed by atoms with Gasteiger partial charge in [-0.1, -0.05) is 37.3 Å². The number of methoxy groups -OCH3 is 1. The normalized spacial score (nSPS) is 22.5. The van der Waals surface area contributed by atoms with Gasteiger partial charge in [0.2, 0.25) is 0 Å². The highest BCUT2D eigenvalue weighted by atomic mass is 16.5. The Bertz CT molecular complexity index is 1160. The molecule has 172 valence electrons. The van der Waals surface area contributed by atoms with Crippen molar-refractivity contribution in [1.29, 1.82) is 0 Å². The van der Waals surface area contributed by atoms with Gasteiger partial charge in [0.05, 0.1) is 18.6 Å². The summed E-state index contributed by atoms with van der Waals surface area (Å²) >= 11 is 0. The van der Waals surface area contributed by atoms with Crippen LogP contribution in [0.2, 0.25) is 0 Å². The summed E-state index contributed by atoms with van der Waals surface area (Å²) in [4.78, 5) is 39.3. The first kappa shape index (κ1) is 22.6. The van der Waals surface area contributed by atoms with Crippen molar-refractivity contribution >= 4 is 17.7 Å². The highest BCUT2D eigenvalue weighted by molar-refractivity contribution is 6.12. The summed E-state index contributed by atoms with van der Waals surface area (Å²) in [5.74, 6) is -2.32. The van der Waals surface area contributed by atoms with Crippen LogP contribution in [0.3, 0.4) is 0 Å². The van der Waals surface area contributed by atoms with Gasteiger partial charge >= 0.3 is 11.9 Å². The maximum Gasteiger partial charge on any atom is 0.337 e. The van der Waals surface area contributed by atoms with Gasteiger partial charge in [-0.3, -0.25) is 9.59 Å². The average molecular weight is 450 g/mol. The number of benzene rings is 1. The van der Waals surface area contributed by atoms with Crippen molar-refractivity contribution in [1.82, 2.24) is 5.32 Å². The van der Waals surface area contributed by atoms with Crippen LogP contribution in [-0.2, 0) is 30.5 Å². The molecule has 1 aliphatic heterocycles. The van der Waals surface area contributed by atoms with Crippen LogP contribution in [-0.4, -0.2) is 24.8 Å². The molecule has 0 unspecified atom stereocenters. The first-order chi connectivity index (χ1) is 15.8. The number of hydrogen-bond donors (Lipinski definition) is 1. The van der Waals surface area contributed by atoms with Gasteiger partial charge in [0.1, 0.15) is 24.0 Å². The average Bonchev–Trinajstić information content (AvgIpc) is 3.23. The molecule has 0 radical (unpaired) electrons. The fraction of sp³-hybridized carbons (Fsp3) is 0.346. The van der Waals surface area contributed by atoms with E-state index < -0.39 is 23.8 Å². The molecule has 4 rings (SSSR count). The number of furan rings is 1. The van der Waals surface area contributed by atoms with E-state index in [1.165, 1.54) is 7.11 Å². The third-order valence-electron chi connectivity index (χ3n) is 6.22. The van der Waals surface area contributed by atoms with Crippen molar-refractivity contribution in [2.45, 2.75) is 39.7 Å². The maximum absolute atomic E-state index is 13.6. The van der Waals surface area contributed by atoms with E-state index in [-0.39, 0.29) is 18.3 Å². The zero-order chi connectivity index (χ0) is 23.7. The predicted octanol–water partition coefficient (Wildman–Crippen LogP) is 3.94. The monoisotopic (exact) mass is 449 g/mol. The zero-order valence-electron chi connectivity index (χ0n) is 19.1. The number of esters is 2. The van der Waals surface area contributed by atoms with Crippen molar-refractivity contribution in [3.05, 3.63) is 82.1 Å². The Morgan fingerprint density at radius 3 is 2.48 bits per heavy atom. The van der Waals surface area contributed by atoms with Gasteiger partial charge in [-0.05, 0) is 43.9 Å². The van der Waals surface area contributed by atoms with E-state index in [1.54, 1.807) is 26.0 Å². The lowest BCUT2D eigenvalue weighted by molar-refractivity contribution is -0.151. The second-order valence-corrected chi connectivity index (χ2v) is 8.55. The van der Waals surface area contributed by atoms with Crippen molar-refractivity contribution in [3.8, 4) is 0 Å². The summed E-state index contributed by atoms with van der Waals surface area (Å²) < 4.78 is 16.4. The molecule has 0 fully saturated rings. The van der Waals surface area contributed by atoms with Crippen LogP contribution in [0.25, 0.3) is 0 Å². The van der Waals surface area contributed by atoms with Gasteiger partial charge < -0.3 is 19.2 Å². The number of allylic oxidation sites excluding steroid dienone is 3. The molecule has 7 nitrogen and oxygen atoms in total. The Hall–Kier alpha value is -3.61. The fourth-order valence-electron chi connectivity index (χ4n) is 4.65. The van der Waals surface area contributed by atoms with E-state index in [4.69, 9.17) is 13.9 Å². The molecule has 0 bridgehead atoms. The highest BCUT2D eigenvalue weighted by Gasteiger charge is 2.48. The third-order valence-corrected chi connectivity index (χ3v) is 6.22. The van der Waals surface area contributed by atoms with Gasteiger partial charge in [0, 0.05) is 17.0 Å². The first-order valence-electron chi connectivity index (χ1n) is 10.9. The molecular weight excluding hydrogens is 422 g/mol. The lowest BCUT2D eigenvalue weighted by Gasteiger charge is -2.37. The molecule has 3 atom stereocenters. The Balaban J connectivity index is 1.74. The second-order valence-electron chi connectivity index (χ2n) is 8.55. The minimum Gasteiger partial charge on any atom is -0.468 e. The highest BCUT2D eigenvalue weighted by Crippen LogP contribution is 2.45. The van der Waals surface area contributed by atoms with Gasteiger partial charge in [-0.2, -0.15) is 0 Å². The van der Waals surface area contributed by atoms with Crippen LogP contribution in [0.4, 0.5) is 0 Å². The zero-order valence-corrected chi connectivity index (χ0v) is 19.1.